The van der Waals surface area contributed by atoms with Gasteiger partial charge in [0.25, 0.3) is 0 Å². The average Bonchev–Trinajstić information content (AvgIpc) is 1.88. The molecule has 0 unspecified atom stereocenters. The van der Waals surface area contributed by atoms with E-state index in [-0.39, 0.29) is 6.10 Å². The van der Waals surface area contributed by atoms with Crippen molar-refractivity contribution in [2.45, 2.75) is 39.2 Å². The first-order valence-electron chi connectivity index (χ1n) is 4.07. The highest BCUT2D eigenvalue weighted by Gasteiger charge is 2.19. The molecule has 0 aromatic heterocycles. The van der Waals surface area contributed by atoms with Crippen molar-refractivity contribution in [3.05, 3.63) is 11.6 Å². The largest absolute Gasteiger partial charge is 0.389 e. The molecule has 0 aliphatic heterocycles. The van der Waals surface area contributed by atoms with Crippen LogP contribution in [0.15, 0.2) is 11.6 Å². The predicted molar refractivity (Wildman–Crippen MR) is 42.8 cm³/mol. The average molecular weight is 140 g/mol. The Morgan fingerprint density at radius 1 is 1.60 bits per heavy atom. The molecular formula is C9H16O. The van der Waals surface area contributed by atoms with Crippen molar-refractivity contribution in [2.24, 2.45) is 5.92 Å². The summed E-state index contributed by atoms with van der Waals surface area (Å²) in [6, 6.07) is 0. The van der Waals surface area contributed by atoms with Crippen molar-refractivity contribution in [1.29, 1.82) is 0 Å². The van der Waals surface area contributed by atoms with Crippen molar-refractivity contribution in [2.75, 3.05) is 0 Å². The summed E-state index contributed by atoms with van der Waals surface area (Å²) in [7, 11) is 0. The first kappa shape index (κ1) is 7.80. The van der Waals surface area contributed by atoms with E-state index in [0.29, 0.717) is 5.92 Å². The van der Waals surface area contributed by atoms with Gasteiger partial charge in [0.05, 0.1) is 6.10 Å². The van der Waals surface area contributed by atoms with Crippen LogP contribution in [0.5, 0.6) is 0 Å². The zero-order valence-corrected chi connectivity index (χ0v) is 6.80. The molecule has 0 amide bonds. The number of aliphatic hydroxyl groups excluding tert-OH is 1. The Labute approximate surface area is 62.8 Å². The van der Waals surface area contributed by atoms with Crippen molar-refractivity contribution in [1.82, 2.24) is 0 Å². The number of rotatable bonds is 0. The normalized spacial score (nSPS) is 38.5. The van der Waals surface area contributed by atoms with Gasteiger partial charge in [-0.3, -0.25) is 0 Å². The van der Waals surface area contributed by atoms with Gasteiger partial charge in [0, 0.05) is 0 Å². The molecule has 0 aromatic carbocycles. The lowest BCUT2D eigenvalue weighted by molar-refractivity contribution is 0.153. The molecule has 1 aliphatic rings. The molecule has 0 saturated heterocycles. The maximum Gasteiger partial charge on any atom is 0.0752 e. The van der Waals surface area contributed by atoms with E-state index in [1.54, 1.807) is 0 Å². The van der Waals surface area contributed by atoms with E-state index in [1.807, 2.05) is 6.92 Å². The van der Waals surface area contributed by atoms with Gasteiger partial charge in [-0.1, -0.05) is 13.0 Å². The maximum absolute atomic E-state index is 9.47. The quantitative estimate of drug-likeness (QED) is 0.511. The summed E-state index contributed by atoms with van der Waals surface area (Å²) in [6.07, 6.45) is 5.21. The van der Waals surface area contributed by atoms with Crippen LogP contribution in [0.2, 0.25) is 0 Å². The molecule has 0 bridgehead atoms. The molecule has 1 aliphatic carbocycles. The zero-order valence-electron chi connectivity index (χ0n) is 6.80. The second-order valence-electron chi connectivity index (χ2n) is 3.26. The van der Waals surface area contributed by atoms with Gasteiger partial charge in [-0.15, -0.1) is 0 Å². The summed E-state index contributed by atoms with van der Waals surface area (Å²) in [5.74, 6) is 0.707. The van der Waals surface area contributed by atoms with Gasteiger partial charge in [0.2, 0.25) is 0 Å². The Balaban J connectivity index is 2.52. The summed E-state index contributed by atoms with van der Waals surface area (Å²) in [6.45, 7) is 4.21. The Kier molecular flexibility index (Phi) is 2.50. The number of hydrogen-bond donors (Lipinski definition) is 1. The summed E-state index contributed by atoms with van der Waals surface area (Å²) in [5, 5.41) is 9.47. The van der Waals surface area contributed by atoms with Gasteiger partial charge in [-0.2, -0.15) is 0 Å². The van der Waals surface area contributed by atoms with Gasteiger partial charge >= 0.3 is 0 Å². The van der Waals surface area contributed by atoms with Gasteiger partial charge in [-0.05, 0) is 37.7 Å². The molecule has 1 heteroatoms. The Morgan fingerprint density at radius 3 is 2.80 bits per heavy atom. The highest BCUT2D eigenvalue weighted by molar-refractivity contribution is 5.09. The molecule has 0 heterocycles. The summed E-state index contributed by atoms with van der Waals surface area (Å²) >= 11 is 0. The third-order valence-corrected chi connectivity index (χ3v) is 2.35. The monoisotopic (exact) mass is 140 g/mol. The van der Waals surface area contributed by atoms with E-state index in [2.05, 4.69) is 13.0 Å². The Bertz CT molecular complexity index is 138. The van der Waals surface area contributed by atoms with Crippen LogP contribution in [0, 0.1) is 5.92 Å². The minimum atomic E-state index is -0.145. The third kappa shape index (κ3) is 1.60. The van der Waals surface area contributed by atoms with Crippen LogP contribution in [-0.4, -0.2) is 11.2 Å². The van der Waals surface area contributed by atoms with Gasteiger partial charge in [0.15, 0.2) is 0 Å². The van der Waals surface area contributed by atoms with Crippen LogP contribution in [0.3, 0.4) is 0 Å². The molecule has 1 fully saturated rings. The summed E-state index contributed by atoms with van der Waals surface area (Å²) in [5.41, 5.74) is 1.23. The summed E-state index contributed by atoms with van der Waals surface area (Å²) in [4.78, 5) is 0. The van der Waals surface area contributed by atoms with Gasteiger partial charge in [-0.25, -0.2) is 0 Å². The second kappa shape index (κ2) is 3.20. The molecule has 1 rings (SSSR count). The van der Waals surface area contributed by atoms with Gasteiger partial charge < -0.3 is 5.11 Å². The molecule has 2 atom stereocenters. The smallest absolute Gasteiger partial charge is 0.0752 e. The number of hydrogen-bond acceptors (Lipinski definition) is 1. The van der Waals surface area contributed by atoms with Crippen LogP contribution < -0.4 is 0 Å². The van der Waals surface area contributed by atoms with Gasteiger partial charge in [0.1, 0.15) is 0 Å². The van der Waals surface area contributed by atoms with Crippen LogP contribution in [0.25, 0.3) is 0 Å². The molecule has 0 spiro atoms. The van der Waals surface area contributed by atoms with Crippen molar-refractivity contribution >= 4 is 0 Å². The lowest BCUT2D eigenvalue weighted by Gasteiger charge is -2.25. The van der Waals surface area contributed by atoms with Crippen molar-refractivity contribution in [3.63, 3.8) is 0 Å². The van der Waals surface area contributed by atoms with E-state index in [1.165, 1.54) is 12.0 Å². The van der Waals surface area contributed by atoms with Crippen LogP contribution in [0.4, 0.5) is 0 Å². The molecule has 1 nitrogen and oxygen atoms in total. The Hall–Kier alpha value is -0.300. The molecule has 10 heavy (non-hydrogen) atoms. The molecule has 1 saturated carbocycles. The van der Waals surface area contributed by atoms with Crippen LogP contribution in [-0.2, 0) is 0 Å². The van der Waals surface area contributed by atoms with E-state index < -0.39 is 0 Å². The maximum atomic E-state index is 9.47. The Morgan fingerprint density at radius 2 is 2.30 bits per heavy atom. The fraction of sp³-hybridized carbons (Fsp3) is 0.778. The van der Waals surface area contributed by atoms with E-state index in [9.17, 15) is 5.11 Å². The second-order valence-corrected chi connectivity index (χ2v) is 3.26. The fourth-order valence-corrected chi connectivity index (χ4v) is 1.57. The first-order valence-corrected chi connectivity index (χ1v) is 4.07. The zero-order chi connectivity index (χ0) is 7.56. The van der Waals surface area contributed by atoms with E-state index >= 15 is 0 Å². The molecule has 58 valence electrons. The predicted octanol–water partition coefficient (Wildman–Crippen LogP) is 2.11. The lowest BCUT2D eigenvalue weighted by Crippen LogP contribution is -2.20. The first-order chi connectivity index (χ1) is 4.74. The number of aliphatic hydroxyl groups is 1. The van der Waals surface area contributed by atoms with Crippen molar-refractivity contribution < 1.29 is 5.11 Å². The lowest BCUT2D eigenvalue weighted by atomic mass is 9.85. The van der Waals surface area contributed by atoms with Crippen molar-refractivity contribution in [3.8, 4) is 0 Å². The minimum Gasteiger partial charge on any atom is -0.389 e. The SMILES string of the molecule is C/C=C1/CC[C@H](C)C[C@H]1O. The van der Waals surface area contributed by atoms with Crippen LogP contribution in [0.1, 0.15) is 33.1 Å². The van der Waals surface area contributed by atoms with E-state index in [4.69, 9.17) is 0 Å². The highest BCUT2D eigenvalue weighted by Crippen LogP contribution is 2.27. The number of allylic oxidation sites excluding steroid dienone is 1. The standard InChI is InChI=1S/C9H16O/c1-3-8-5-4-7(2)6-9(8)10/h3,7,9-10H,4-6H2,1-2H3/b8-3-/t7-,9+/m0/s1. The fourth-order valence-electron chi connectivity index (χ4n) is 1.57. The highest BCUT2D eigenvalue weighted by atomic mass is 16.3. The molecule has 0 aromatic rings. The topological polar surface area (TPSA) is 20.2 Å². The minimum absolute atomic E-state index is 0.145. The molecule has 0 radical (unpaired) electrons. The van der Waals surface area contributed by atoms with E-state index in [0.717, 1.165) is 12.8 Å². The summed E-state index contributed by atoms with van der Waals surface area (Å²) < 4.78 is 0. The van der Waals surface area contributed by atoms with Crippen LogP contribution >= 0.6 is 0 Å². The third-order valence-electron chi connectivity index (χ3n) is 2.35. The molecule has 1 N–H and O–H groups in total. The molecular weight excluding hydrogens is 124 g/mol.